The third-order valence-corrected chi connectivity index (χ3v) is 2.86. The van der Waals surface area contributed by atoms with Gasteiger partial charge in [-0.2, -0.15) is 4.98 Å². The quantitative estimate of drug-likeness (QED) is 0.634. The van der Waals surface area contributed by atoms with Crippen LogP contribution in [0.5, 0.6) is 5.88 Å². The van der Waals surface area contributed by atoms with Crippen LogP contribution >= 0.6 is 0 Å². The van der Waals surface area contributed by atoms with E-state index in [0.717, 1.165) is 19.4 Å². The van der Waals surface area contributed by atoms with Gasteiger partial charge in [0.15, 0.2) is 0 Å². The standard InChI is InChI=1S/C11H16N4O4/c1-7-13-10(12-6-8-4-3-5-19-8)9(15(16)17)11(14-7)18-2/h8H,3-6H2,1-2H3,(H,12,13,14). The van der Waals surface area contributed by atoms with Crippen LogP contribution in [0.25, 0.3) is 0 Å². The molecule has 0 aromatic carbocycles. The number of nitro groups is 1. The third-order valence-electron chi connectivity index (χ3n) is 2.86. The van der Waals surface area contributed by atoms with Crippen LogP contribution < -0.4 is 10.1 Å². The maximum atomic E-state index is 11.1. The van der Waals surface area contributed by atoms with Crippen molar-refractivity contribution in [2.24, 2.45) is 0 Å². The molecule has 1 N–H and O–H groups in total. The van der Waals surface area contributed by atoms with E-state index in [-0.39, 0.29) is 23.5 Å². The Balaban J connectivity index is 2.21. The predicted octanol–water partition coefficient (Wildman–Crippen LogP) is 1.29. The van der Waals surface area contributed by atoms with Crippen LogP contribution in [0.3, 0.4) is 0 Å². The van der Waals surface area contributed by atoms with E-state index in [9.17, 15) is 10.1 Å². The highest BCUT2D eigenvalue weighted by atomic mass is 16.6. The molecule has 1 unspecified atom stereocenters. The molecule has 1 saturated heterocycles. The minimum Gasteiger partial charge on any atom is -0.476 e. The van der Waals surface area contributed by atoms with Crippen LogP contribution in [-0.4, -0.2) is 41.3 Å². The van der Waals surface area contributed by atoms with Gasteiger partial charge in [-0.3, -0.25) is 10.1 Å². The molecule has 1 fully saturated rings. The van der Waals surface area contributed by atoms with E-state index in [1.807, 2.05) is 0 Å². The highest BCUT2D eigenvalue weighted by molar-refractivity contribution is 5.61. The average molecular weight is 268 g/mol. The predicted molar refractivity (Wildman–Crippen MR) is 67.4 cm³/mol. The second-order valence-electron chi connectivity index (χ2n) is 4.25. The summed E-state index contributed by atoms with van der Waals surface area (Å²) >= 11 is 0. The van der Waals surface area contributed by atoms with Crippen LogP contribution in [0.4, 0.5) is 11.5 Å². The minimum atomic E-state index is -0.546. The van der Waals surface area contributed by atoms with E-state index in [2.05, 4.69) is 15.3 Å². The number of anilines is 1. The van der Waals surface area contributed by atoms with Crippen LogP contribution in [0.1, 0.15) is 18.7 Å². The van der Waals surface area contributed by atoms with E-state index >= 15 is 0 Å². The molecule has 1 aliphatic rings. The average Bonchev–Trinajstić information content (AvgIpc) is 2.88. The zero-order valence-electron chi connectivity index (χ0n) is 10.9. The summed E-state index contributed by atoms with van der Waals surface area (Å²) in [5.41, 5.74) is -0.244. The molecule has 2 heterocycles. The van der Waals surface area contributed by atoms with Crippen LogP contribution in [0.15, 0.2) is 0 Å². The first-order chi connectivity index (χ1) is 9.11. The Morgan fingerprint density at radius 1 is 1.58 bits per heavy atom. The van der Waals surface area contributed by atoms with Crippen molar-refractivity contribution >= 4 is 11.5 Å². The lowest BCUT2D eigenvalue weighted by atomic mass is 10.2. The van der Waals surface area contributed by atoms with Crippen molar-refractivity contribution in [1.82, 2.24) is 9.97 Å². The Labute approximate surface area is 110 Å². The summed E-state index contributed by atoms with van der Waals surface area (Å²) in [7, 11) is 1.35. The van der Waals surface area contributed by atoms with Crippen molar-refractivity contribution in [2.45, 2.75) is 25.9 Å². The Morgan fingerprint density at radius 3 is 2.95 bits per heavy atom. The summed E-state index contributed by atoms with van der Waals surface area (Å²) < 4.78 is 10.4. The lowest BCUT2D eigenvalue weighted by molar-refractivity contribution is -0.385. The largest absolute Gasteiger partial charge is 0.476 e. The Morgan fingerprint density at radius 2 is 2.37 bits per heavy atom. The Hall–Kier alpha value is -1.96. The van der Waals surface area contributed by atoms with Crippen LogP contribution in [0, 0.1) is 17.0 Å². The molecule has 8 heteroatoms. The molecular formula is C11H16N4O4. The molecule has 104 valence electrons. The number of ether oxygens (including phenoxy) is 2. The topological polar surface area (TPSA) is 99.4 Å². The summed E-state index contributed by atoms with van der Waals surface area (Å²) in [5.74, 6) is 0.550. The van der Waals surface area contributed by atoms with E-state index in [1.54, 1.807) is 6.92 Å². The van der Waals surface area contributed by atoms with Crippen molar-refractivity contribution < 1.29 is 14.4 Å². The van der Waals surface area contributed by atoms with Gasteiger partial charge in [0, 0.05) is 13.2 Å². The van der Waals surface area contributed by atoms with Gasteiger partial charge in [-0.25, -0.2) is 4.98 Å². The molecule has 0 amide bonds. The summed E-state index contributed by atoms with van der Waals surface area (Å²) in [6.45, 7) is 2.88. The maximum Gasteiger partial charge on any atom is 0.372 e. The molecule has 1 aromatic rings. The van der Waals surface area contributed by atoms with Gasteiger partial charge in [0.2, 0.25) is 5.82 Å². The van der Waals surface area contributed by atoms with Gasteiger partial charge in [-0.1, -0.05) is 0 Å². The number of aromatic nitrogens is 2. The number of methoxy groups -OCH3 is 1. The monoisotopic (exact) mass is 268 g/mol. The fourth-order valence-electron chi connectivity index (χ4n) is 1.99. The van der Waals surface area contributed by atoms with Gasteiger partial charge >= 0.3 is 5.69 Å². The first-order valence-electron chi connectivity index (χ1n) is 6.04. The fraction of sp³-hybridized carbons (Fsp3) is 0.636. The Kier molecular flexibility index (Phi) is 4.10. The summed E-state index contributed by atoms with van der Waals surface area (Å²) in [5, 5.41) is 14.0. The number of hydrogen-bond donors (Lipinski definition) is 1. The van der Waals surface area contributed by atoms with E-state index in [4.69, 9.17) is 9.47 Å². The zero-order valence-corrected chi connectivity index (χ0v) is 10.9. The summed E-state index contributed by atoms with van der Waals surface area (Å²) in [4.78, 5) is 18.5. The van der Waals surface area contributed by atoms with Gasteiger partial charge in [-0.15, -0.1) is 0 Å². The number of rotatable bonds is 5. The summed E-state index contributed by atoms with van der Waals surface area (Å²) in [6.07, 6.45) is 2.03. The molecule has 0 saturated carbocycles. The minimum absolute atomic E-state index is 0.0349. The molecule has 19 heavy (non-hydrogen) atoms. The highest BCUT2D eigenvalue weighted by Crippen LogP contribution is 2.31. The van der Waals surface area contributed by atoms with E-state index in [0.29, 0.717) is 12.4 Å². The first kappa shape index (κ1) is 13.5. The molecule has 8 nitrogen and oxygen atoms in total. The first-order valence-corrected chi connectivity index (χ1v) is 6.04. The molecule has 0 bridgehead atoms. The normalized spacial score (nSPS) is 18.3. The third kappa shape index (κ3) is 3.08. The van der Waals surface area contributed by atoms with E-state index in [1.165, 1.54) is 7.11 Å². The number of aryl methyl sites for hydroxylation is 1. The lowest BCUT2D eigenvalue weighted by Crippen LogP contribution is -2.20. The molecule has 1 aliphatic heterocycles. The number of nitrogens with zero attached hydrogens (tertiary/aromatic N) is 3. The molecule has 2 rings (SSSR count). The molecule has 0 aliphatic carbocycles. The van der Waals surface area contributed by atoms with E-state index < -0.39 is 4.92 Å². The molecule has 1 aromatic heterocycles. The maximum absolute atomic E-state index is 11.1. The lowest BCUT2D eigenvalue weighted by Gasteiger charge is -2.12. The van der Waals surface area contributed by atoms with Crippen molar-refractivity contribution in [3.8, 4) is 5.88 Å². The summed E-state index contributed by atoms with van der Waals surface area (Å²) in [6, 6.07) is 0. The Bertz CT molecular complexity index is 474. The van der Waals surface area contributed by atoms with Crippen LogP contribution in [-0.2, 0) is 4.74 Å². The zero-order chi connectivity index (χ0) is 13.8. The van der Waals surface area contributed by atoms with Crippen molar-refractivity contribution in [1.29, 1.82) is 0 Å². The van der Waals surface area contributed by atoms with Crippen molar-refractivity contribution in [2.75, 3.05) is 25.6 Å². The van der Waals surface area contributed by atoms with Crippen molar-refractivity contribution in [3.05, 3.63) is 15.9 Å². The highest BCUT2D eigenvalue weighted by Gasteiger charge is 2.26. The van der Waals surface area contributed by atoms with Gasteiger partial charge in [0.1, 0.15) is 5.82 Å². The number of hydrogen-bond acceptors (Lipinski definition) is 7. The second-order valence-corrected chi connectivity index (χ2v) is 4.25. The SMILES string of the molecule is COc1nc(C)nc(NCC2CCCO2)c1[N+](=O)[O-]. The number of nitrogens with one attached hydrogen (secondary N) is 1. The van der Waals surface area contributed by atoms with Crippen LogP contribution in [0.2, 0.25) is 0 Å². The fourth-order valence-corrected chi connectivity index (χ4v) is 1.99. The molecule has 1 atom stereocenters. The van der Waals surface area contributed by atoms with Gasteiger partial charge in [0.05, 0.1) is 18.1 Å². The molecule has 0 spiro atoms. The van der Waals surface area contributed by atoms with Gasteiger partial charge in [0.25, 0.3) is 5.88 Å². The smallest absolute Gasteiger partial charge is 0.372 e. The second kappa shape index (κ2) is 5.79. The van der Waals surface area contributed by atoms with Crippen molar-refractivity contribution in [3.63, 3.8) is 0 Å². The molecular weight excluding hydrogens is 252 g/mol. The van der Waals surface area contributed by atoms with Gasteiger partial charge in [-0.05, 0) is 19.8 Å². The van der Waals surface area contributed by atoms with Gasteiger partial charge < -0.3 is 14.8 Å². The molecule has 0 radical (unpaired) electrons.